The number of benzene rings is 1. The van der Waals surface area contributed by atoms with Crippen molar-refractivity contribution in [1.29, 1.82) is 0 Å². The maximum Gasteiger partial charge on any atom is 0.225 e. The van der Waals surface area contributed by atoms with Gasteiger partial charge in [0.2, 0.25) is 5.91 Å². The van der Waals surface area contributed by atoms with Crippen molar-refractivity contribution < 1.29 is 4.79 Å². The molecule has 2 aromatic rings. The Labute approximate surface area is 149 Å². The number of piperidine rings is 1. The van der Waals surface area contributed by atoms with Gasteiger partial charge in [-0.1, -0.05) is 18.6 Å². The molecule has 1 saturated heterocycles. The molecule has 1 aliphatic carbocycles. The first-order chi connectivity index (χ1) is 12.2. The number of nitrogens with zero attached hydrogens (tertiary/aromatic N) is 4. The molecule has 1 amide bonds. The van der Waals surface area contributed by atoms with Crippen LogP contribution < -0.4 is 4.90 Å². The van der Waals surface area contributed by atoms with Crippen LogP contribution in [-0.4, -0.2) is 47.5 Å². The van der Waals surface area contributed by atoms with Crippen LogP contribution in [0.25, 0.3) is 10.9 Å². The van der Waals surface area contributed by atoms with Gasteiger partial charge in [-0.3, -0.25) is 4.79 Å². The van der Waals surface area contributed by atoms with E-state index >= 15 is 0 Å². The molecule has 0 N–H and O–H groups in total. The van der Waals surface area contributed by atoms with Gasteiger partial charge in [-0.25, -0.2) is 9.97 Å². The molecule has 5 nitrogen and oxygen atoms in total. The molecule has 0 radical (unpaired) electrons. The summed E-state index contributed by atoms with van der Waals surface area (Å²) >= 11 is 0. The molecule has 0 spiro atoms. The summed E-state index contributed by atoms with van der Waals surface area (Å²) in [6, 6.07) is 8.19. The van der Waals surface area contributed by atoms with Crippen LogP contribution in [0.4, 0.5) is 5.82 Å². The monoisotopic (exact) mass is 338 g/mol. The molecule has 4 rings (SSSR count). The van der Waals surface area contributed by atoms with Crippen molar-refractivity contribution in [2.75, 3.05) is 31.6 Å². The van der Waals surface area contributed by atoms with Crippen LogP contribution >= 0.6 is 0 Å². The molecule has 0 bridgehead atoms. The Morgan fingerprint density at radius 1 is 1.16 bits per heavy atom. The molecule has 5 heteroatoms. The van der Waals surface area contributed by atoms with Crippen LogP contribution in [0.15, 0.2) is 30.6 Å². The first-order valence-electron chi connectivity index (χ1n) is 9.42. The molecule has 2 fully saturated rings. The summed E-state index contributed by atoms with van der Waals surface area (Å²) in [5.74, 6) is 2.30. The fourth-order valence-electron chi connectivity index (χ4n) is 4.01. The highest BCUT2D eigenvalue weighted by Crippen LogP contribution is 2.30. The number of carbonyl (C=O) groups is 1. The lowest BCUT2D eigenvalue weighted by Crippen LogP contribution is -2.42. The molecule has 1 saturated carbocycles. The summed E-state index contributed by atoms with van der Waals surface area (Å²) in [7, 11) is 1.98. The zero-order valence-electron chi connectivity index (χ0n) is 14.9. The van der Waals surface area contributed by atoms with Crippen LogP contribution in [0.3, 0.4) is 0 Å². The molecule has 2 aliphatic rings. The van der Waals surface area contributed by atoms with E-state index in [9.17, 15) is 4.79 Å². The van der Waals surface area contributed by atoms with E-state index in [4.69, 9.17) is 0 Å². The molecule has 132 valence electrons. The minimum atomic E-state index is 0.303. The van der Waals surface area contributed by atoms with Crippen LogP contribution in [0.5, 0.6) is 0 Å². The second kappa shape index (κ2) is 6.98. The van der Waals surface area contributed by atoms with Crippen LogP contribution in [-0.2, 0) is 4.79 Å². The van der Waals surface area contributed by atoms with E-state index in [2.05, 4.69) is 20.9 Å². The maximum absolute atomic E-state index is 12.3. The number of hydrogen-bond acceptors (Lipinski definition) is 4. The van der Waals surface area contributed by atoms with Crippen LogP contribution in [0, 0.1) is 11.8 Å². The third-order valence-corrected chi connectivity index (χ3v) is 5.80. The minimum Gasteiger partial charge on any atom is -0.356 e. The van der Waals surface area contributed by atoms with Gasteiger partial charge in [-0.05, 0) is 43.7 Å². The number of para-hydroxylation sites is 1. The molecular formula is C20H26N4O. The van der Waals surface area contributed by atoms with E-state index in [-0.39, 0.29) is 0 Å². The van der Waals surface area contributed by atoms with Crippen molar-refractivity contribution >= 4 is 22.6 Å². The quantitative estimate of drug-likeness (QED) is 0.859. The van der Waals surface area contributed by atoms with Gasteiger partial charge in [0.1, 0.15) is 12.1 Å². The van der Waals surface area contributed by atoms with E-state index in [0.717, 1.165) is 62.0 Å². The van der Waals surface area contributed by atoms with Crippen molar-refractivity contribution in [3.8, 4) is 0 Å². The lowest BCUT2D eigenvalue weighted by Gasteiger charge is -2.36. The topological polar surface area (TPSA) is 49.3 Å². The SMILES string of the molecule is CN(CC1CCN(c2ncnc3ccccc23)CC1)C(=O)C1CCC1. The molecular weight excluding hydrogens is 312 g/mol. The van der Waals surface area contributed by atoms with Gasteiger partial charge in [-0.15, -0.1) is 0 Å². The number of carbonyl (C=O) groups excluding carboxylic acids is 1. The fraction of sp³-hybridized carbons (Fsp3) is 0.550. The van der Waals surface area contributed by atoms with E-state index in [1.807, 2.05) is 30.1 Å². The van der Waals surface area contributed by atoms with Crippen LogP contribution in [0.2, 0.25) is 0 Å². The van der Waals surface area contributed by atoms with Gasteiger partial charge in [0, 0.05) is 38.0 Å². The average molecular weight is 338 g/mol. The Morgan fingerprint density at radius 3 is 2.64 bits per heavy atom. The molecule has 1 aromatic carbocycles. The standard InChI is InChI=1S/C20H26N4O/c1-23(20(25)16-5-4-6-16)13-15-9-11-24(12-10-15)19-17-7-2-3-8-18(17)21-14-22-19/h2-3,7-8,14-16H,4-6,9-13H2,1H3. The Kier molecular flexibility index (Phi) is 4.55. The fourth-order valence-corrected chi connectivity index (χ4v) is 4.01. The second-order valence-corrected chi connectivity index (χ2v) is 7.49. The normalized spacial score (nSPS) is 19.0. The number of aromatic nitrogens is 2. The van der Waals surface area contributed by atoms with Crippen molar-refractivity contribution in [1.82, 2.24) is 14.9 Å². The minimum absolute atomic E-state index is 0.303. The molecule has 0 atom stereocenters. The highest BCUT2D eigenvalue weighted by molar-refractivity contribution is 5.89. The Morgan fingerprint density at radius 2 is 1.92 bits per heavy atom. The van der Waals surface area contributed by atoms with Crippen LogP contribution in [0.1, 0.15) is 32.1 Å². The summed E-state index contributed by atoms with van der Waals surface area (Å²) < 4.78 is 0. The Bertz CT molecular complexity index is 745. The van der Waals surface area contributed by atoms with E-state index in [1.165, 1.54) is 6.42 Å². The van der Waals surface area contributed by atoms with Gasteiger partial charge >= 0.3 is 0 Å². The second-order valence-electron chi connectivity index (χ2n) is 7.49. The predicted octanol–water partition coefficient (Wildman–Crippen LogP) is 3.10. The van der Waals surface area contributed by atoms with Crippen molar-refractivity contribution in [3.05, 3.63) is 30.6 Å². The first kappa shape index (κ1) is 16.3. The van der Waals surface area contributed by atoms with Crippen molar-refractivity contribution in [3.63, 3.8) is 0 Å². The molecule has 2 heterocycles. The predicted molar refractivity (Wildman–Crippen MR) is 99.5 cm³/mol. The number of fused-ring (bicyclic) bond motifs is 1. The summed E-state index contributed by atoms with van der Waals surface area (Å²) in [6.07, 6.45) is 7.27. The number of hydrogen-bond donors (Lipinski definition) is 0. The summed E-state index contributed by atoms with van der Waals surface area (Å²) in [4.78, 5) is 25.6. The third-order valence-electron chi connectivity index (χ3n) is 5.80. The highest BCUT2D eigenvalue weighted by Gasteiger charge is 2.30. The van der Waals surface area contributed by atoms with Gasteiger partial charge in [0.05, 0.1) is 5.52 Å². The zero-order chi connectivity index (χ0) is 17.2. The lowest BCUT2D eigenvalue weighted by atomic mass is 9.84. The Hall–Kier alpha value is -2.17. The van der Waals surface area contributed by atoms with Gasteiger partial charge < -0.3 is 9.80 Å². The number of amides is 1. The number of anilines is 1. The molecule has 1 aromatic heterocycles. The van der Waals surface area contributed by atoms with E-state index in [1.54, 1.807) is 6.33 Å². The van der Waals surface area contributed by atoms with Gasteiger partial charge in [0.15, 0.2) is 0 Å². The maximum atomic E-state index is 12.3. The smallest absolute Gasteiger partial charge is 0.225 e. The van der Waals surface area contributed by atoms with Crippen molar-refractivity contribution in [2.45, 2.75) is 32.1 Å². The van der Waals surface area contributed by atoms with Crippen molar-refractivity contribution in [2.24, 2.45) is 11.8 Å². The van der Waals surface area contributed by atoms with Gasteiger partial charge in [0.25, 0.3) is 0 Å². The largest absolute Gasteiger partial charge is 0.356 e. The molecule has 25 heavy (non-hydrogen) atoms. The number of rotatable bonds is 4. The van der Waals surface area contributed by atoms with E-state index in [0.29, 0.717) is 17.7 Å². The summed E-state index contributed by atoms with van der Waals surface area (Å²) in [5, 5.41) is 1.13. The third kappa shape index (κ3) is 3.32. The average Bonchev–Trinajstić information content (AvgIpc) is 2.60. The summed E-state index contributed by atoms with van der Waals surface area (Å²) in [6.45, 7) is 2.89. The Balaban J connectivity index is 1.37. The summed E-state index contributed by atoms with van der Waals surface area (Å²) in [5.41, 5.74) is 1.00. The first-order valence-corrected chi connectivity index (χ1v) is 9.42. The lowest BCUT2D eigenvalue weighted by molar-refractivity contribution is -0.137. The molecule has 0 unspecified atom stereocenters. The zero-order valence-corrected chi connectivity index (χ0v) is 14.9. The van der Waals surface area contributed by atoms with Gasteiger partial charge in [-0.2, -0.15) is 0 Å². The molecule has 1 aliphatic heterocycles. The highest BCUT2D eigenvalue weighted by atomic mass is 16.2. The van der Waals surface area contributed by atoms with E-state index < -0.39 is 0 Å².